The maximum atomic E-state index is 13.3. The second-order valence-corrected chi connectivity index (χ2v) is 8.45. The summed E-state index contributed by atoms with van der Waals surface area (Å²) in [7, 11) is 2.42. The highest BCUT2D eigenvalue weighted by molar-refractivity contribution is 6.34. The molecule has 1 unspecified atom stereocenters. The van der Waals surface area contributed by atoms with Crippen LogP contribution in [0.25, 0.3) is 0 Å². The Morgan fingerprint density at radius 1 is 1.06 bits per heavy atom. The Morgan fingerprint density at radius 3 is 2.33 bits per heavy atom. The van der Waals surface area contributed by atoms with Crippen molar-refractivity contribution in [1.82, 2.24) is 0 Å². The van der Waals surface area contributed by atoms with Crippen molar-refractivity contribution in [1.29, 1.82) is 5.26 Å². The number of esters is 2. The van der Waals surface area contributed by atoms with Crippen LogP contribution in [0.3, 0.4) is 0 Å². The standard InChI is InChI=1S/C26H25ClN4O5/c1-34-25(32)21-20(16-7-4-3-5-8-16)17(15-28)24(29)31(23(21)26(33)35-2)19-10-6-9-18(27)22(19)30-11-13-36-14-12-30/h3-10,20H,11-14,29H2,1-2H3. The Hall–Kier alpha value is -4.00. The molecule has 0 radical (unpaired) electrons. The number of hydrogen-bond donors (Lipinski definition) is 1. The van der Waals surface area contributed by atoms with Gasteiger partial charge in [0.2, 0.25) is 0 Å². The van der Waals surface area contributed by atoms with Gasteiger partial charge >= 0.3 is 11.9 Å². The van der Waals surface area contributed by atoms with E-state index in [1.165, 1.54) is 19.1 Å². The Balaban J connectivity index is 2.06. The summed E-state index contributed by atoms with van der Waals surface area (Å²) in [6.07, 6.45) is 0. The Bertz CT molecular complexity index is 1280. The zero-order valence-electron chi connectivity index (χ0n) is 19.9. The zero-order chi connectivity index (χ0) is 25.8. The predicted molar refractivity (Wildman–Crippen MR) is 134 cm³/mol. The molecule has 36 heavy (non-hydrogen) atoms. The maximum absolute atomic E-state index is 13.3. The van der Waals surface area contributed by atoms with E-state index in [9.17, 15) is 14.9 Å². The number of morpholine rings is 1. The number of hydrogen-bond acceptors (Lipinski definition) is 9. The molecule has 2 aromatic rings. The number of nitrogens with two attached hydrogens (primary N) is 1. The molecule has 0 saturated carbocycles. The molecule has 2 aromatic carbocycles. The summed E-state index contributed by atoms with van der Waals surface area (Å²) < 4.78 is 15.7. The smallest absolute Gasteiger partial charge is 0.355 e. The van der Waals surface area contributed by atoms with Crippen molar-refractivity contribution in [3.8, 4) is 6.07 Å². The summed E-state index contributed by atoms with van der Waals surface area (Å²) in [6, 6.07) is 16.2. The molecule has 1 saturated heterocycles. The van der Waals surface area contributed by atoms with Gasteiger partial charge in [-0.25, -0.2) is 9.59 Å². The zero-order valence-corrected chi connectivity index (χ0v) is 20.6. The van der Waals surface area contributed by atoms with E-state index in [0.717, 1.165) is 0 Å². The lowest BCUT2D eigenvalue weighted by atomic mass is 9.81. The third kappa shape index (κ3) is 4.37. The predicted octanol–water partition coefficient (Wildman–Crippen LogP) is 3.07. The van der Waals surface area contributed by atoms with Gasteiger partial charge in [0.15, 0.2) is 0 Å². The third-order valence-corrected chi connectivity index (χ3v) is 6.45. The highest BCUT2D eigenvalue weighted by Crippen LogP contribution is 2.46. The van der Waals surface area contributed by atoms with Crippen LogP contribution in [-0.4, -0.2) is 52.5 Å². The van der Waals surface area contributed by atoms with E-state index in [4.69, 9.17) is 31.5 Å². The molecule has 1 fully saturated rings. The van der Waals surface area contributed by atoms with E-state index >= 15 is 0 Å². The Morgan fingerprint density at radius 2 is 1.72 bits per heavy atom. The number of methoxy groups -OCH3 is 2. The van der Waals surface area contributed by atoms with Gasteiger partial charge < -0.3 is 24.8 Å². The average molecular weight is 509 g/mol. The molecule has 9 nitrogen and oxygen atoms in total. The number of para-hydroxylation sites is 1. The number of nitrogens with zero attached hydrogens (tertiary/aromatic N) is 3. The lowest BCUT2D eigenvalue weighted by molar-refractivity contribution is -0.139. The number of carbonyl (C=O) groups excluding carboxylic acids is 2. The molecule has 0 aliphatic carbocycles. The number of rotatable bonds is 5. The van der Waals surface area contributed by atoms with E-state index < -0.39 is 17.9 Å². The highest BCUT2D eigenvalue weighted by Gasteiger charge is 2.44. The molecule has 4 rings (SSSR count). The van der Waals surface area contributed by atoms with Gasteiger partial charge in [-0.05, 0) is 17.7 Å². The number of nitriles is 1. The molecule has 2 N–H and O–H groups in total. The number of benzene rings is 2. The largest absolute Gasteiger partial charge is 0.466 e. The first-order valence-electron chi connectivity index (χ1n) is 11.2. The Kier molecular flexibility index (Phi) is 7.48. The molecule has 0 bridgehead atoms. The molecule has 0 spiro atoms. The molecule has 186 valence electrons. The number of allylic oxidation sites excluding steroid dienone is 1. The molecule has 1 atom stereocenters. The summed E-state index contributed by atoms with van der Waals surface area (Å²) in [5.74, 6) is -2.56. The van der Waals surface area contributed by atoms with Crippen molar-refractivity contribution in [3.05, 3.63) is 81.8 Å². The first-order chi connectivity index (χ1) is 17.4. The van der Waals surface area contributed by atoms with Crippen LogP contribution in [-0.2, 0) is 23.8 Å². The molecule has 2 heterocycles. The minimum Gasteiger partial charge on any atom is -0.466 e. The van der Waals surface area contributed by atoms with Crippen LogP contribution < -0.4 is 15.5 Å². The van der Waals surface area contributed by atoms with Crippen LogP contribution in [0, 0.1) is 11.3 Å². The minimum absolute atomic E-state index is 0.0174. The van der Waals surface area contributed by atoms with E-state index in [1.54, 1.807) is 48.5 Å². The van der Waals surface area contributed by atoms with Crippen LogP contribution in [0.4, 0.5) is 11.4 Å². The molecule has 0 aromatic heterocycles. The highest BCUT2D eigenvalue weighted by atomic mass is 35.5. The number of ether oxygens (including phenoxy) is 3. The second-order valence-electron chi connectivity index (χ2n) is 8.04. The van der Waals surface area contributed by atoms with E-state index in [1.807, 2.05) is 4.90 Å². The molecular formula is C26H25ClN4O5. The lowest BCUT2D eigenvalue weighted by Gasteiger charge is -2.39. The van der Waals surface area contributed by atoms with Crippen molar-refractivity contribution in [2.24, 2.45) is 5.73 Å². The summed E-state index contributed by atoms with van der Waals surface area (Å²) in [5.41, 5.74) is 8.11. The number of halogens is 1. The van der Waals surface area contributed by atoms with Crippen LogP contribution in [0.15, 0.2) is 71.2 Å². The van der Waals surface area contributed by atoms with Crippen LogP contribution in [0.1, 0.15) is 11.5 Å². The fraction of sp³-hybridized carbons (Fsp3) is 0.269. The van der Waals surface area contributed by atoms with Crippen LogP contribution in [0.5, 0.6) is 0 Å². The fourth-order valence-electron chi connectivity index (χ4n) is 4.55. The fourth-order valence-corrected chi connectivity index (χ4v) is 4.84. The summed E-state index contributed by atoms with van der Waals surface area (Å²) in [6.45, 7) is 2.07. The normalized spacial score (nSPS) is 18.1. The van der Waals surface area contributed by atoms with Crippen LogP contribution >= 0.6 is 11.6 Å². The SMILES string of the molecule is COC(=O)C1=C(C(=O)OC)N(c2cccc(Cl)c2N2CCOCC2)C(N)=C(C#N)C1c1ccccc1. The summed E-state index contributed by atoms with van der Waals surface area (Å²) >= 11 is 6.66. The first kappa shape index (κ1) is 25.1. The maximum Gasteiger partial charge on any atom is 0.355 e. The van der Waals surface area contributed by atoms with Gasteiger partial charge in [-0.15, -0.1) is 0 Å². The van der Waals surface area contributed by atoms with Crippen molar-refractivity contribution in [2.75, 3.05) is 50.3 Å². The van der Waals surface area contributed by atoms with Gasteiger partial charge in [0.05, 0.1) is 67.0 Å². The number of anilines is 2. The first-order valence-corrected chi connectivity index (χ1v) is 11.6. The second kappa shape index (κ2) is 10.7. The van der Waals surface area contributed by atoms with Crippen molar-refractivity contribution >= 4 is 34.9 Å². The topological polar surface area (TPSA) is 118 Å². The molecule has 2 aliphatic rings. The third-order valence-electron chi connectivity index (χ3n) is 6.14. The molecule has 2 aliphatic heterocycles. The Labute approximate surface area is 213 Å². The molecule has 0 amide bonds. The van der Waals surface area contributed by atoms with E-state index in [-0.39, 0.29) is 22.7 Å². The molecule has 10 heteroatoms. The lowest BCUT2D eigenvalue weighted by Crippen LogP contribution is -2.42. The number of carbonyl (C=O) groups is 2. The monoisotopic (exact) mass is 508 g/mol. The summed E-state index contributed by atoms with van der Waals surface area (Å²) in [4.78, 5) is 29.9. The average Bonchev–Trinajstić information content (AvgIpc) is 2.92. The van der Waals surface area contributed by atoms with Gasteiger partial charge in [0.1, 0.15) is 11.5 Å². The summed E-state index contributed by atoms with van der Waals surface area (Å²) in [5, 5.41) is 10.6. The van der Waals surface area contributed by atoms with Gasteiger partial charge in [0, 0.05) is 13.1 Å². The quantitative estimate of drug-likeness (QED) is 0.608. The van der Waals surface area contributed by atoms with Gasteiger partial charge in [-0.3, -0.25) is 4.90 Å². The molecular weight excluding hydrogens is 484 g/mol. The van der Waals surface area contributed by atoms with Gasteiger partial charge in [-0.1, -0.05) is 48.0 Å². The van der Waals surface area contributed by atoms with Gasteiger partial charge in [-0.2, -0.15) is 5.26 Å². The van der Waals surface area contributed by atoms with Crippen LogP contribution in [0.2, 0.25) is 5.02 Å². The minimum atomic E-state index is -0.944. The van der Waals surface area contributed by atoms with Gasteiger partial charge in [0.25, 0.3) is 0 Å². The van der Waals surface area contributed by atoms with E-state index in [0.29, 0.717) is 48.3 Å². The van der Waals surface area contributed by atoms with Crippen molar-refractivity contribution in [3.63, 3.8) is 0 Å². The van der Waals surface area contributed by atoms with Crippen molar-refractivity contribution < 1.29 is 23.8 Å². The van der Waals surface area contributed by atoms with Crippen molar-refractivity contribution in [2.45, 2.75) is 5.92 Å². The van der Waals surface area contributed by atoms with E-state index in [2.05, 4.69) is 6.07 Å².